The number of nitrogens with two attached hydrogens (primary N) is 1. The van der Waals surface area contributed by atoms with Gasteiger partial charge in [-0.25, -0.2) is 4.98 Å². The van der Waals surface area contributed by atoms with Crippen LogP contribution in [0.4, 0.5) is 11.9 Å². The van der Waals surface area contributed by atoms with Crippen LogP contribution in [-0.4, -0.2) is 60.6 Å². The molecule has 0 radical (unpaired) electrons. The van der Waals surface area contributed by atoms with Crippen LogP contribution in [0.2, 0.25) is 0 Å². The van der Waals surface area contributed by atoms with Gasteiger partial charge in [0.25, 0.3) is 5.78 Å². The third-order valence-electron chi connectivity index (χ3n) is 4.46. The molecule has 5 heterocycles. The van der Waals surface area contributed by atoms with E-state index >= 15 is 0 Å². The van der Waals surface area contributed by atoms with Gasteiger partial charge in [-0.2, -0.15) is 19.5 Å². The molecular formula is C16H17N9OS. The molecule has 0 aromatic carbocycles. The van der Waals surface area contributed by atoms with Gasteiger partial charge in [0.1, 0.15) is 5.01 Å². The first-order valence-corrected chi connectivity index (χ1v) is 9.44. The predicted molar refractivity (Wildman–Crippen MR) is 100 cm³/mol. The summed E-state index contributed by atoms with van der Waals surface area (Å²) in [6.45, 7) is 4.35. The highest BCUT2D eigenvalue weighted by atomic mass is 32.1. The number of anilines is 2. The Morgan fingerprint density at radius 2 is 2.04 bits per heavy atom. The SMILES string of the molecule is Nc1nc(N2CCN(Cc3nccs3)CC2)nc2nc(-c3ccco3)nn12. The Balaban J connectivity index is 1.34. The van der Waals surface area contributed by atoms with Gasteiger partial charge in [0.15, 0.2) is 5.76 Å². The van der Waals surface area contributed by atoms with Gasteiger partial charge in [0, 0.05) is 37.8 Å². The molecule has 1 saturated heterocycles. The second-order valence-corrected chi connectivity index (χ2v) is 7.17. The lowest BCUT2D eigenvalue weighted by atomic mass is 10.3. The maximum absolute atomic E-state index is 6.08. The van der Waals surface area contributed by atoms with E-state index in [-0.39, 0.29) is 5.95 Å². The van der Waals surface area contributed by atoms with Crippen LogP contribution in [-0.2, 0) is 6.54 Å². The number of nitrogens with zero attached hydrogens (tertiary/aromatic N) is 8. The van der Waals surface area contributed by atoms with Gasteiger partial charge < -0.3 is 15.1 Å². The van der Waals surface area contributed by atoms with Gasteiger partial charge in [-0.05, 0) is 12.1 Å². The number of nitrogen functional groups attached to an aromatic ring is 1. The molecule has 1 aliphatic heterocycles. The fourth-order valence-electron chi connectivity index (χ4n) is 3.07. The van der Waals surface area contributed by atoms with E-state index in [0.717, 1.165) is 37.7 Å². The van der Waals surface area contributed by atoms with E-state index in [0.29, 0.717) is 23.3 Å². The molecule has 4 aromatic heterocycles. The number of hydrogen-bond donors (Lipinski definition) is 1. The van der Waals surface area contributed by atoms with Gasteiger partial charge in [-0.15, -0.1) is 16.4 Å². The van der Waals surface area contributed by atoms with Gasteiger partial charge in [0.05, 0.1) is 12.8 Å². The van der Waals surface area contributed by atoms with Crippen LogP contribution in [0.1, 0.15) is 5.01 Å². The monoisotopic (exact) mass is 383 g/mol. The van der Waals surface area contributed by atoms with E-state index in [1.807, 2.05) is 11.6 Å². The summed E-state index contributed by atoms with van der Waals surface area (Å²) in [4.78, 5) is 22.2. The summed E-state index contributed by atoms with van der Waals surface area (Å²) in [7, 11) is 0. The first kappa shape index (κ1) is 16.1. The number of fused-ring (bicyclic) bond motifs is 1. The van der Waals surface area contributed by atoms with Gasteiger partial charge in [-0.3, -0.25) is 4.90 Å². The van der Waals surface area contributed by atoms with Crippen molar-refractivity contribution in [1.29, 1.82) is 0 Å². The highest BCUT2D eigenvalue weighted by molar-refractivity contribution is 7.09. The maximum atomic E-state index is 6.08. The summed E-state index contributed by atoms with van der Waals surface area (Å²) < 4.78 is 6.77. The van der Waals surface area contributed by atoms with E-state index in [1.54, 1.807) is 29.7 Å². The molecule has 4 aromatic rings. The fraction of sp³-hybridized carbons (Fsp3) is 0.312. The smallest absolute Gasteiger partial charge is 0.259 e. The number of furan rings is 1. The quantitative estimate of drug-likeness (QED) is 0.554. The summed E-state index contributed by atoms with van der Waals surface area (Å²) in [5, 5.41) is 7.47. The van der Waals surface area contributed by atoms with E-state index in [4.69, 9.17) is 10.2 Å². The summed E-state index contributed by atoms with van der Waals surface area (Å²) in [5.74, 6) is 2.25. The highest BCUT2D eigenvalue weighted by Gasteiger charge is 2.22. The van der Waals surface area contributed by atoms with Crippen molar-refractivity contribution >= 4 is 29.0 Å². The van der Waals surface area contributed by atoms with Crippen molar-refractivity contribution in [2.75, 3.05) is 36.8 Å². The van der Waals surface area contributed by atoms with Gasteiger partial charge in [0.2, 0.25) is 17.7 Å². The molecule has 27 heavy (non-hydrogen) atoms. The third-order valence-corrected chi connectivity index (χ3v) is 5.23. The van der Waals surface area contributed by atoms with E-state index < -0.39 is 0 Å². The van der Waals surface area contributed by atoms with E-state index in [1.165, 1.54) is 4.52 Å². The van der Waals surface area contributed by atoms with Crippen molar-refractivity contribution in [1.82, 2.24) is 34.4 Å². The van der Waals surface area contributed by atoms with Crippen molar-refractivity contribution in [3.63, 3.8) is 0 Å². The van der Waals surface area contributed by atoms with Gasteiger partial charge >= 0.3 is 0 Å². The van der Waals surface area contributed by atoms with Crippen molar-refractivity contribution in [3.05, 3.63) is 35.0 Å². The topological polar surface area (TPSA) is 114 Å². The first-order valence-electron chi connectivity index (χ1n) is 8.56. The molecule has 0 bridgehead atoms. The molecule has 5 rings (SSSR count). The summed E-state index contributed by atoms with van der Waals surface area (Å²) >= 11 is 1.69. The van der Waals surface area contributed by atoms with Crippen LogP contribution in [0.25, 0.3) is 17.4 Å². The number of aromatic nitrogens is 6. The lowest BCUT2D eigenvalue weighted by Crippen LogP contribution is -2.46. The number of piperazine rings is 1. The van der Waals surface area contributed by atoms with Crippen LogP contribution < -0.4 is 10.6 Å². The molecular weight excluding hydrogens is 366 g/mol. The Morgan fingerprint density at radius 3 is 2.78 bits per heavy atom. The zero-order valence-corrected chi connectivity index (χ0v) is 15.2. The minimum Gasteiger partial charge on any atom is -0.461 e. The maximum Gasteiger partial charge on any atom is 0.259 e. The average molecular weight is 383 g/mol. The molecule has 1 aliphatic rings. The zero-order chi connectivity index (χ0) is 18.2. The molecule has 0 spiro atoms. The first-order chi connectivity index (χ1) is 13.3. The minimum atomic E-state index is 0.255. The summed E-state index contributed by atoms with van der Waals surface area (Å²) in [6, 6.07) is 3.58. The van der Waals surface area contributed by atoms with E-state index in [2.05, 4.69) is 34.8 Å². The number of thiazole rings is 1. The van der Waals surface area contributed by atoms with Crippen LogP contribution in [0.3, 0.4) is 0 Å². The Hall–Kier alpha value is -3.05. The average Bonchev–Trinajstić information content (AvgIpc) is 3.43. The minimum absolute atomic E-state index is 0.255. The third kappa shape index (κ3) is 3.11. The molecule has 1 fully saturated rings. The second kappa shape index (κ2) is 6.59. The molecule has 11 heteroatoms. The largest absolute Gasteiger partial charge is 0.461 e. The molecule has 0 aliphatic carbocycles. The van der Waals surface area contributed by atoms with Crippen molar-refractivity contribution < 1.29 is 4.42 Å². The molecule has 138 valence electrons. The van der Waals surface area contributed by atoms with Crippen molar-refractivity contribution in [3.8, 4) is 11.6 Å². The highest BCUT2D eigenvalue weighted by Crippen LogP contribution is 2.20. The number of hydrogen-bond acceptors (Lipinski definition) is 10. The lowest BCUT2D eigenvalue weighted by molar-refractivity contribution is 0.248. The molecule has 10 nitrogen and oxygen atoms in total. The van der Waals surface area contributed by atoms with E-state index in [9.17, 15) is 0 Å². The van der Waals surface area contributed by atoms with Crippen LogP contribution >= 0.6 is 11.3 Å². The summed E-state index contributed by atoms with van der Waals surface area (Å²) in [5.41, 5.74) is 6.08. The molecule has 0 unspecified atom stereocenters. The second-order valence-electron chi connectivity index (χ2n) is 6.20. The normalized spacial score (nSPS) is 15.6. The fourth-order valence-corrected chi connectivity index (χ4v) is 3.73. The molecule has 0 amide bonds. The molecule has 2 N–H and O–H groups in total. The predicted octanol–water partition coefficient (Wildman–Crippen LogP) is 1.14. The lowest BCUT2D eigenvalue weighted by Gasteiger charge is -2.34. The van der Waals surface area contributed by atoms with Crippen LogP contribution in [0.15, 0.2) is 34.4 Å². The zero-order valence-electron chi connectivity index (χ0n) is 14.4. The summed E-state index contributed by atoms with van der Waals surface area (Å²) in [6.07, 6.45) is 3.42. The Kier molecular flexibility index (Phi) is 3.94. The van der Waals surface area contributed by atoms with Crippen molar-refractivity contribution in [2.45, 2.75) is 6.54 Å². The molecule has 0 atom stereocenters. The van der Waals surface area contributed by atoms with Gasteiger partial charge in [-0.1, -0.05) is 0 Å². The van der Waals surface area contributed by atoms with Crippen LogP contribution in [0, 0.1) is 0 Å². The Morgan fingerprint density at radius 1 is 1.15 bits per heavy atom. The Bertz CT molecular complexity index is 1040. The standard InChI is InChI=1S/C16H17N9OS/c17-14-20-15(21-16-19-13(22-25(14)16)11-2-1-8-26-11)24-6-4-23(5-7-24)10-12-18-3-9-27-12/h1-3,8-9H,4-7,10H2,(H2,17,19,20,21,22). The Labute approximate surface area is 158 Å². The van der Waals surface area contributed by atoms with Crippen molar-refractivity contribution in [2.24, 2.45) is 0 Å². The van der Waals surface area contributed by atoms with Crippen LogP contribution in [0.5, 0.6) is 0 Å². The number of rotatable bonds is 4. The molecule has 0 saturated carbocycles.